The third-order valence-corrected chi connectivity index (χ3v) is 6.17. The number of nitrogens with zero attached hydrogens (tertiary/aromatic N) is 3. The Morgan fingerprint density at radius 2 is 1.97 bits per heavy atom. The number of nitrogens with one attached hydrogen (secondary N) is 1. The fraction of sp³-hybridized carbons (Fsp3) is 0.333. The first-order chi connectivity index (χ1) is 16.1. The second-order valence-corrected chi connectivity index (χ2v) is 8.32. The van der Waals surface area contributed by atoms with E-state index < -0.39 is 5.82 Å². The number of benzene rings is 2. The Morgan fingerprint density at radius 3 is 2.79 bits per heavy atom. The van der Waals surface area contributed by atoms with Gasteiger partial charge in [-0.1, -0.05) is 11.6 Å². The van der Waals surface area contributed by atoms with Crippen molar-refractivity contribution in [3.63, 3.8) is 0 Å². The van der Waals surface area contributed by atoms with Gasteiger partial charge in [-0.15, -0.1) is 0 Å². The first-order valence-electron chi connectivity index (χ1n) is 10.9. The van der Waals surface area contributed by atoms with Gasteiger partial charge in [-0.05, 0) is 24.6 Å². The molecule has 0 unspecified atom stereocenters. The summed E-state index contributed by atoms with van der Waals surface area (Å²) in [5.74, 6) is 0.775. The maximum atomic E-state index is 13.9. The van der Waals surface area contributed by atoms with Crippen LogP contribution in [-0.4, -0.2) is 66.4 Å². The molecule has 33 heavy (non-hydrogen) atoms. The van der Waals surface area contributed by atoms with Crippen molar-refractivity contribution in [2.24, 2.45) is 0 Å². The normalized spacial score (nSPS) is 14.8. The summed E-state index contributed by atoms with van der Waals surface area (Å²) in [6.07, 6.45) is 4.20. The van der Waals surface area contributed by atoms with Gasteiger partial charge >= 0.3 is 0 Å². The van der Waals surface area contributed by atoms with Crippen molar-refractivity contribution in [2.45, 2.75) is 6.42 Å². The van der Waals surface area contributed by atoms with E-state index >= 15 is 0 Å². The van der Waals surface area contributed by atoms with E-state index in [2.05, 4.69) is 19.9 Å². The highest BCUT2D eigenvalue weighted by molar-refractivity contribution is 6.31. The first kappa shape index (κ1) is 21.9. The van der Waals surface area contributed by atoms with Gasteiger partial charge in [0.15, 0.2) is 11.5 Å². The van der Waals surface area contributed by atoms with Crippen LogP contribution in [0.2, 0.25) is 5.02 Å². The number of halogens is 2. The molecule has 0 atom stereocenters. The molecule has 9 heteroatoms. The number of morpholine rings is 1. The summed E-state index contributed by atoms with van der Waals surface area (Å²) in [5, 5.41) is 1.65. The van der Waals surface area contributed by atoms with Crippen LogP contribution in [-0.2, 0) is 4.74 Å². The van der Waals surface area contributed by atoms with Gasteiger partial charge in [0.2, 0.25) is 0 Å². The molecule has 2 aromatic heterocycles. The largest absolute Gasteiger partial charge is 0.493 e. The summed E-state index contributed by atoms with van der Waals surface area (Å²) in [4.78, 5) is 14.4. The lowest BCUT2D eigenvalue weighted by atomic mass is 10.0. The Labute approximate surface area is 195 Å². The zero-order chi connectivity index (χ0) is 22.8. The van der Waals surface area contributed by atoms with Gasteiger partial charge in [-0.3, -0.25) is 4.90 Å². The minimum Gasteiger partial charge on any atom is -0.493 e. The number of aromatic amines is 1. The Hall–Kier alpha value is -2.94. The van der Waals surface area contributed by atoms with E-state index in [4.69, 9.17) is 25.8 Å². The Kier molecular flexibility index (Phi) is 6.30. The van der Waals surface area contributed by atoms with Gasteiger partial charge in [0, 0.05) is 53.8 Å². The van der Waals surface area contributed by atoms with Crippen LogP contribution in [0.3, 0.4) is 0 Å². The maximum Gasteiger partial charge on any atom is 0.162 e. The number of methoxy groups -OCH3 is 1. The Morgan fingerprint density at radius 1 is 1.12 bits per heavy atom. The minimum atomic E-state index is -0.470. The molecule has 172 valence electrons. The molecule has 0 saturated carbocycles. The van der Waals surface area contributed by atoms with Crippen LogP contribution >= 0.6 is 11.6 Å². The van der Waals surface area contributed by atoms with E-state index in [1.54, 1.807) is 19.4 Å². The van der Waals surface area contributed by atoms with Gasteiger partial charge in [-0.25, -0.2) is 14.4 Å². The summed E-state index contributed by atoms with van der Waals surface area (Å²) in [7, 11) is 1.61. The van der Waals surface area contributed by atoms with Crippen LogP contribution < -0.4 is 9.47 Å². The number of fused-ring (bicyclic) bond motifs is 2. The zero-order valence-corrected chi connectivity index (χ0v) is 19.0. The fourth-order valence-electron chi connectivity index (χ4n) is 4.16. The third-order valence-electron chi connectivity index (χ3n) is 5.88. The standard InChI is InChI=1S/C24H24ClFN4O3/c1-31-22-12-21-16(10-23(22)33-6-2-3-30-4-7-32-8-5-30)24(29-14-28-21)17-13-27-20-11-19(26)18(25)9-15(17)20/h9-14,27H,2-8H2,1H3. The molecule has 0 spiro atoms. The molecular formula is C24H24ClFN4O3. The quantitative estimate of drug-likeness (QED) is 0.395. The highest BCUT2D eigenvalue weighted by atomic mass is 35.5. The number of aromatic nitrogens is 3. The number of hydrogen-bond acceptors (Lipinski definition) is 6. The summed E-state index contributed by atoms with van der Waals surface area (Å²) in [6.45, 7) is 5.00. The second-order valence-electron chi connectivity index (χ2n) is 7.91. The predicted octanol–water partition coefficient (Wildman–Crippen LogP) is 4.68. The van der Waals surface area contributed by atoms with Crippen LogP contribution in [0.25, 0.3) is 33.1 Å². The third kappa shape index (κ3) is 4.46. The lowest BCUT2D eigenvalue weighted by Crippen LogP contribution is -2.37. The number of ether oxygens (including phenoxy) is 3. The maximum absolute atomic E-state index is 13.9. The molecule has 1 aliphatic rings. The first-order valence-corrected chi connectivity index (χ1v) is 11.2. The zero-order valence-electron chi connectivity index (χ0n) is 18.2. The Bertz CT molecular complexity index is 1290. The summed E-state index contributed by atoms with van der Waals surface area (Å²) in [5.41, 5.74) is 2.88. The molecule has 0 radical (unpaired) electrons. The number of H-pyrrole nitrogens is 1. The molecule has 3 heterocycles. The summed E-state index contributed by atoms with van der Waals surface area (Å²) in [6, 6.07) is 6.75. The van der Waals surface area contributed by atoms with Gasteiger partial charge in [-0.2, -0.15) is 0 Å². The van der Waals surface area contributed by atoms with E-state index in [1.165, 1.54) is 12.4 Å². The van der Waals surface area contributed by atoms with Crippen molar-refractivity contribution >= 4 is 33.4 Å². The number of hydrogen-bond donors (Lipinski definition) is 1. The van der Waals surface area contributed by atoms with Gasteiger partial charge in [0.05, 0.1) is 43.2 Å². The van der Waals surface area contributed by atoms with Crippen molar-refractivity contribution in [1.82, 2.24) is 19.9 Å². The lowest BCUT2D eigenvalue weighted by molar-refractivity contribution is 0.0357. The Balaban J connectivity index is 1.45. The van der Waals surface area contributed by atoms with Crippen molar-refractivity contribution in [3.8, 4) is 22.8 Å². The molecule has 1 fully saturated rings. The molecule has 5 rings (SSSR count). The van der Waals surface area contributed by atoms with Crippen molar-refractivity contribution in [1.29, 1.82) is 0 Å². The minimum absolute atomic E-state index is 0.0627. The van der Waals surface area contributed by atoms with E-state index in [1.807, 2.05) is 12.1 Å². The van der Waals surface area contributed by atoms with E-state index in [-0.39, 0.29) is 5.02 Å². The van der Waals surface area contributed by atoms with Gasteiger partial charge < -0.3 is 19.2 Å². The van der Waals surface area contributed by atoms with E-state index in [9.17, 15) is 4.39 Å². The molecule has 1 N–H and O–H groups in total. The van der Waals surface area contributed by atoms with E-state index in [0.717, 1.165) is 61.1 Å². The smallest absolute Gasteiger partial charge is 0.162 e. The molecule has 1 aliphatic heterocycles. The topological polar surface area (TPSA) is 72.5 Å². The molecule has 0 bridgehead atoms. The van der Waals surface area contributed by atoms with Crippen LogP contribution in [0, 0.1) is 5.82 Å². The molecule has 0 amide bonds. The average Bonchev–Trinajstić information content (AvgIpc) is 3.24. The highest BCUT2D eigenvalue weighted by Gasteiger charge is 2.17. The molecule has 7 nitrogen and oxygen atoms in total. The van der Waals surface area contributed by atoms with Gasteiger partial charge in [0.25, 0.3) is 0 Å². The average molecular weight is 471 g/mol. The predicted molar refractivity (Wildman–Crippen MR) is 126 cm³/mol. The molecule has 2 aromatic carbocycles. The van der Waals surface area contributed by atoms with Crippen molar-refractivity contribution in [3.05, 3.63) is 47.6 Å². The van der Waals surface area contributed by atoms with Crippen LogP contribution in [0.1, 0.15) is 6.42 Å². The van der Waals surface area contributed by atoms with Crippen LogP contribution in [0.5, 0.6) is 11.5 Å². The fourth-order valence-corrected chi connectivity index (χ4v) is 4.32. The molecular weight excluding hydrogens is 447 g/mol. The van der Waals surface area contributed by atoms with Crippen LogP contribution in [0.15, 0.2) is 36.8 Å². The van der Waals surface area contributed by atoms with Crippen molar-refractivity contribution in [2.75, 3.05) is 46.6 Å². The second kappa shape index (κ2) is 9.51. The monoisotopic (exact) mass is 470 g/mol. The lowest BCUT2D eigenvalue weighted by Gasteiger charge is -2.26. The number of rotatable bonds is 7. The van der Waals surface area contributed by atoms with Gasteiger partial charge in [0.1, 0.15) is 12.1 Å². The summed E-state index contributed by atoms with van der Waals surface area (Å²) < 4.78 is 31.0. The highest BCUT2D eigenvalue weighted by Crippen LogP contribution is 2.38. The van der Waals surface area contributed by atoms with Crippen molar-refractivity contribution < 1.29 is 18.6 Å². The van der Waals surface area contributed by atoms with E-state index in [0.29, 0.717) is 29.3 Å². The SMILES string of the molecule is COc1cc2ncnc(-c3c[nH]c4cc(F)c(Cl)cc34)c2cc1OCCCN1CCOCC1. The molecule has 4 aromatic rings. The summed E-state index contributed by atoms with van der Waals surface area (Å²) >= 11 is 6.05. The molecule has 0 aliphatic carbocycles. The molecule has 1 saturated heterocycles. The van der Waals surface area contributed by atoms with Crippen LogP contribution in [0.4, 0.5) is 4.39 Å².